The summed E-state index contributed by atoms with van der Waals surface area (Å²) in [4.78, 5) is 21.7. The Balaban J connectivity index is 1.75. The first-order valence-electron chi connectivity index (χ1n) is 9.61. The van der Waals surface area contributed by atoms with Gasteiger partial charge in [-0.15, -0.1) is 0 Å². The van der Waals surface area contributed by atoms with Crippen LogP contribution in [0.25, 0.3) is 0 Å². The zero-order valence-electron chi connectivity index (χ0n) is 17.0. The van der Waals surface area contributed by atoms with Crippen molar-refractivity contribution < 1.29 is 38.1 Å². The Hall–Kier alpha value is -2.82. The number of aliphatic hydroxyl groups excluding tert-OH is 2. The zero-order valence-corrected chi connectivity index (χ0v) is 17.0. The Bertz CT molecular complexity index is 982. The minimum absolute atomic E-state index is 0.00933. The third-order valence-corrected chi connectivity index (χ3v) is 5.19. The van der Waals surface area contributed by atoms with Gasteiger partial charge in [0.25, 0.3) is 0 Å². The number of aliphatic hydroxyl groups is 2. The quantitative estimate of drug-likeness (QED) is 0.348. The minimum atomic E-state index is -1.28. The molecule has 1 aliphatic rings. The molecule has 2 aromatic carbocycles. The molecular weight excluding hydrogens is 417 g/mol. The molecule has 0 saturated heterocycles. The van der Waals surface area contributed by atoms with Gasteiger partial charge in [0.1, 0.15) is 11.5 Å². The van der Waals surface area contributed by atoms with Crippen molar-refractivity contribution in [3.63, 3.8) is 0 Å². The van der Waals surface area contributed by atoms with Gasteiger partial charge in [0.15, 0.2) is 11.6 Å². The van der Waals surface area contributed by atoms with Crippen LogP contribution in [-0.2, 0) is 14.7 Å². The molecule has 0 radical (unpaired) electrons. The van der Waals surface area contributed by atoms with Crippen molar-refractivity contribution in [1.82, 2.24) is 0 Å². The number of carbonyl (C=O) groups is 1. The summed E-state index contributed by atoms with van der Waals surface area (Å²) in [6.45, 7) is 2.64. The smallest absolute Gasteiger partial charge is 0.351 e. The summed E-state index contributed by atoms with van der Waals surface area (Å²) < 4.78 is 42.6. The first kappa shape index (κ1) is 22.9. The largest absolute Gasteiger partial charge is 0.394 e. The second-order valence-corrected chi connectivity index (χ2v) is 7.72. The van der Waals surface area contributed by atoms with Gasteiger partial charge in [-0.25, -0.2) is 23.4 Å². The van der Waals surface area contributed by atoms with Gasteiger partial charge in [0.2, 0.25) is 0 Å². The molecule has 0 spiro atoms. The van der Waals surface area contributed by atoms with Gasteiger partial charge in [0.05, 0.1) is 29.5 Å². The molecule has 4 N–H and O–H groups in total. The van der Waals surface area contributed by atoms with Crippen LogP contribution in [0.4, 0.5) is 30.2 Å². The maximum absolute atomic E-state index is 14.5. The Morgan fingerprint density at radius 1 is 1.16 bits per heavy atom. The summed E-state index contributed by atoms with van der Waals surface area (Å²) in [7, 11) is 0. The van der Waals surface area contributed by atoms with Crippen LogP contribution in [0.15, 0.2) is 24.3 Å². The highest BCUT2D eigenvalue weighted by molar-refractivity contribution is 5.80. The summed E-state index contributed by atoms with van der Waals surface area (Å²) in [5, 5.41) is 21.0. The van der Waals surface area contributed by atoms with Crippen LogP contribution in [0.3, 0.4) is 0 Å². The number of carbonyl (C=O) groups excluding carboxylic acids is 1. The van der Waals surface area contributed by atoms with Crippen molar-refractivity contribution in [2.75, 3.05) is 17.4 Å². The molecule has 1 atom stereocenters. The van der Waals surface area contributed by atoms with Crippen molar-refractivity contribution >= 4 is 23.0 Å². The summed E-state index contributed by atoms with van der Waals surface area (Å²) in [6, 6.07) is 5.10. The maximum Gasteiger partial charge on any atom is 0.351 e. The predicted octanol–water partition coefficient (Wildman–Crippen LogP) is 3.79. The van der Waals surface area contributed by atoms with E-state index in [0.29, 0.717) is 18.4 Å². The molecule has 10 heteroatoms. The number of hydrogen-bond donors (Lipinski definition) is 4. The molecule has 0 bridgehead atoms. The summed E-state index contributed by atoms with van der Waals surface area (Å²) >= 11 is 0. The van der Waals surface area contributed by atoms with E-state index in [-0.39, 0.29) is 23.4 Å². The Labute approximate surface area is 176 Å². The molecule has 31 heavy (non-hydrogen) atoms. The monoisotopic (exact) mass is 440 g/mol. The highest BCUT2D eigenvalue weighted by atomic mass is 19.2. The van der Waals surface area contributed by atoms with Gasteiger partial charge in [0, 0.05) is 0 Å². The fourth-order valence-corrected chi connectivity index (χ4v) is 3.20. The van der Waals surface area contributed by atoms with E-state index in [0.717, 1.165) is 6.07 Å². The number of rotatable bonds is 9. The van der Waals surface area contributed by atoms with Gasteiger partial charge in [-0.1, -0.05) is 11.1 Å². The minimum Gasteiger partial charge on any atom is -0.394 e. The van der Waals surface area contributed by atoms with Crippen LogP contribution in [0.1, 0.15) is 30.4 Å². The molecule has 0 amide bonds. The molecule has 1 saturated carbocycles. The topological polar surface area (TPSA) is 100 Å². The number of benzene rings is 2. The highest BCUT2D eigenvalue weighted by Gasteiger charge is 2.53. The lowest BCUT2D eigenvalue weighted by molar-refractivity contribution is -0.261. The molecule has 168 valence electrons. The van der Waals surface area contributed by atoms with E-state index in [1.165, 1.54) is 19.1 Å². The fourth-order valence-electron chi connectivity index (χ4n) is 3.20. The van der Waals surface area contributed by atoms with Crippen LogP contribution >= 0.6 is 0 Å². The second kappa shape index (κ2) is 9.13. The average Bonchev–Trinajstić information content (AvgIpc) is 3.50. The summed E-state index contributed by atoms with van der Waals surface area (Å²) in [6.07, 6.45) is -0.155. The first-order valence-corrected chi connectivity index (χ1v) is 9.61. The normalized spacial score (nSPS) is 15.3. The number of hydrogen-bond acceptors (Lipinski definition) is 7. The van der Waals surface area contributed by atoms with Gasteiger partial charge >= 0.3 is 5.97 Å². The Morgan fingerprint density at radius 2 is 1.87 bits per heavy atom. The van der Waals surface area contributed by atoms with Crippen molar-refractivity contribution in [2.24, 2.45) is 5.41 Å². The summed E-state index contributed by atoms with van der Waals surface area (Å²) in [5.74, 6) is -3.89. The van der Waals surface area contributed by atoms with E-state index in [4.69, 9.17) is 15.0 Å². The number of halogens is 3. The fraction of sp³-hybridized carbons (Fsp3) is 0.381. The lowest BCUT2D eigenvalue weighted by atomic mass is 9.99. The van der Waals surface area contributed by atoms with E-state index in [9.17, 15) is 23.1 Å². The van der Waals surface area contributed by atoms with E-state index < -0.39 is 47.2 Å². The molecule has 0 aromatic heterocycles. The molecule has 1 unspecified atom stereocenters. The van der Waals surface area contributed by atoms with Crippen LogP contribution in [0, 0.1) is 36.7 Å². The van der Waals surface area contributed by atoms with Crippen LogP contribution in [0.2, 0.25) is 0 Å². The van der Waals surface area contributed by atoms with Gasteiger partial charge in [-0.3, -0.25) is 4.89 Å². The molecule has 1 aliphatic carbocycles. The predicted molar refractivity (Wildman–Crippen MR) is 106 cm³/mol. The van der Waals surface area contributed by atoms with Crippen LogP contribution in [0.5, 0.6) is 0 Å². The van der Waals surface area contributed by atoms with Crippen molar-refractivity contribution in [1.29, 1.82) is 0 Å². The Kier molecular flexibility index (Phi) is 6.73. The standard InChI is InChI=1S/C21H23F3N2O5/c1-11-3-4-16(14(22)7-11)25-19-17(24)15(23)8-12(2)18(19)26-31-30-20(29)21(5-6-21)9-13(28)10-27/h3-4,7-8,13,25-28H,5-6,9-10H2,1-2H3. The number of anilines is 3. The average molecular weight is 440 g/mol. The first-order chi connectivity index (χ1) is 14.7. The van der Waals surface area contributed by atoms with E-state index >= 15 is 0 Å². The number of nitrogens with one attached hydrogen (secondary N) is 2. The third-order valence-electron chi connectivity index (χ3n) is 5.19. The van der Waals surface area contributed by atoms with Crippen molar-refractivity contribution in [3.8, 4) is 0 Å². The van der Waals surface area contributed by atoms with Gasteiger partial charge < -0.3 is 15.5 Å². The molecule has 0 heterocycles. The number of aryl methyl sites for hydroxylation is 2. The van der Waals surface area contributed by atoms with Crippen molar-refractivity contribution in [2.45, 2.75) is 39.2 Å². The lowest BCUT2D eigenvalue weighted by Gasteiger charge is -2.18. The van der Waals surface area contributed by atoms with Gasteiger partial charge in [-0.05, 0) is 62.4 Å². The molecule has 7 nitrogen and oxygen atoms in total. The van der Waals surface area contributed by atoms with Crippen molar-refractivity contribution in [3.05, 3.63) is 52.8 Å². The molecule has 1 fully saturated rings. The summed E-state index contributed by atoms with van der Waals surface area (Å²) in [5.41, 5.74) is 1.50. The highest BCUT2D eigenvalue weighted by Crippen LogP contribution is 2.50. The van der Waals surface area contributed by atoms with Crippen LogP contribution < -0.4 is 10.8 Å². The lowest BCUT2D eigenvalue weighted by Crippen LogP contribution is -2.27. The second-order valence-electron chi connectivity index (χ2n) is 7.72. The third kappa shape index (κ3) is 5.09. The van der Waals surface area contributed by atoms with Crippen LogP contribution in [-0.4, -0.2) is 28.9 Å². The molecule has 3 rings (SSSR count). The van der Waals surface area contributed by atoms with Gasteiger partial charge in [-0.2, -0.15) is 0 Å². The molecule has 2 aromatic rings. The zero-order chi connectivity index (χ0) is 22.8. The SMILES string of the molecule is Cc1ccc(Nc2c(F)c(F)cc(C)c2NOOC(=O)C2(CC(O)CO)CC2)c(F)c1. The molecule has 0 aliphatic heterocycles. The van der Waals surface area contributed by atoms with E-state index in [1.807, 2.05) is 0 Å². The Morgan fingerprint density at radius 3 is 2.48 bits per heavy atom. The maximum atomic E-state index is 14.5. The van der Waals surface area contributed by atoms with E-state index in [1.54, 1.807) is 13.0 Å². The molecular formula is C21H23F3N2O5. The van der Waals surface area contributed by atoms with E-state index in [2.05, 4.69) is 10.8 Å².